The first-order valence-corrected chi connectivity index (χ1v) is 9.05. The normalized spacial score (nSPS) is 10.9. The Hall–Kier alpha value is -3.60. The molecule has 0 aliphatic heterocycles. The number of aromatic nitrogens is 3. The van der Waals surface area contributed by atoms with Gasteiger partial charge in [0.25, 0.3) is 0 Å². The van der Waals surface area contributed by atoms with Gasteiger partial charge in [-0.1, -0.05) is 18.2 Å². The Morgan fingerprint density at radius 3 is 2.54 bits per heavy atom. The molecular weight excluding hydrogens is 350 g/mol. The topological polar surface area (TPSA) is 64.8 Å². The maximum atomic E-state index is 13.0. The second-order valence-corrected chi connectivity index (χ2v) is 6.80. The first-order valence-electron chi connectivity index (χ1n) is 9.05. The minimum absolute atomic E-state index is 0.136. The average molecular weight is 369 g/mol. The number of benzene rings is 1. The Morgan fingerprint density at radius 1 is 0.964 bits per heavy atom. The second-order valence-electron chi connectivity index (χ2n) is 6.80. The van der Waals surface area contributed by atoms with Crippen LogP contribution in [-0.2, 0) is 6.54 Å². The third kappa shape index (κ3) is 3.34. The van der Waals surface area contributed by atoms with E-state index in [-0.39, 0.29) is 16.8 Å². The zero-order valence-electron chi connectivity index (χ0n) is 15.7. The molecule has 1 aromatic carbocycles. The highest BCUT2D eigenvalue weighted by molar-refractivity contribution is 6.09. The summed E-state index contributed by atoms with van der Waals surface area (Å²) in [7, 11) is 0. The van der Waals surface area contributed by atoms with E-state index in [1.807, 2.05) is 48.7 Å². The molecule has 0 fully saturated rings. The molecule has 4 aromatic rings. The predicted octanol–water partition coefficient (Wildman–Crippen LogP) is 3.69. The number of nitrogens with zero attached hydrogens (tertiary/aromatic N) is 3. The predicted molar refractivity (Wildman–Crippen MR) is 109 cm³/mol. The highest BCUT2D eigenvalue weighted by Gasteiger charge is 2.17. The zero-order chi connectivity index (χ0) is 19.7. The lowest BCUT2D eigenvalue weighted by molar-refractivity contribution is 0.103. The fourth-order valence-corrected chi connectivity index (χ4v) is 3.26. The van der Waals surface area contributed by atoms with Crippen molar-refractivity contribution in [2.24, 2.45) is 0 Å². The Morgan fingerprint density at radius 2 is 1.79 bits per heavy atom. The fraction of sp³-hybridized carbons (Fsp3) is 0.130. The van der Waals surface area contributed by atoms with Gasteiger partial charge in [-0.05, 0) is 50.2 Å². The molecule has 138 valence electrons. The summed E-state index contributed by atoms with van der Waals surface area (Å²) >= 11 is 0. The third-order valence-corrected chi connectivity index (χ3v) is 4.68. The average Bonchev–Trinajstić information content (AvgIpc) is 2.70. The molecule has 0 spiro atoms. The number of pyridine rings is 3. The van der Waals surface area contributed by atoms with E-state index in [1.165, 1.54) is 6.20 Å². The minimum atomic E-state index is -0.325. The van der Waals surface area contributed by atoms with Crippen molar-refractivity contribution in [3.05, 3.63) is 105 Å². The largest absolute Gasteiger partial charge is 0.340 e. The van der Waals surface area contributed by atoms with Crippen molar-refractivity contribution in [1.82, 2.24) is 14.5 Å². The minimum Gasteiger partial charge on any atom is -0.340 e. The number of rotatable bonds is 4. The number of carbonyl (C=O) groups excluding carboxylic acids is 1. The van der Waals surface area contributed by atoms with Gasteiger partial charge in [-0.2, -0.15) is 0 Å². The van der Waals surface area contributed by atoms with Gasteiger partial charge in [-0.15, -0.1) is 0 Å². The van der Waals surface area contributed by atoms with Crippen molar-refractivity contribution in [1.29, 1.82) is 0 Å². The molecule has 0 atom stereocenters. The summed E-state index contributed by atoms with van der Waals surface area (Å²) in [6.07, 6.45) is 3.15. The Kier molecular flexibility index (Phi) is 4.57. The molecule has 4 rings (SSSR count). The number of hydrogen-bond acceptors (Lipinski definition) is 4. The monoisotopic (exact) mass is 369 g/mol. The molecule has 0 unspecified atom stereocenters. The molecule has 0 aliphatic carbocycles. The summed E-state index contributed by atoms with van der Waals surface area (Å²) in [6, 6.07) is 16.6. The van der Waals surface area contributed by atoms with Gasteiger partial charge in [0.05, 0.1) is 23.3 Å². The Balaban J connectivity index is 1.87. The van der Waals surface area contributed by atoms with Gasteiger partial charge in [0.15, 0.2) is 5.78 Å². The highest BCUT2D eigenvalue weighted by atomic mass is 16.1. The first kappa shape index (κ1) is 17.8. The quantitative estimate of drug-likeness (QED) is 0.515. The molecule has 0 bridgehead atoms. The molecule has 0 saturated carbocycles. The maximum absolute atomic E-state index is 13.0. The smallest absolute Gasteiger partial charge is 0.200 e. The van der Waals surface area contributed by atoms with Gasteiger partial charge in [-0.25, -0.2) is 0 Å². The molecular formula is C23H19N3O2. The third-order valence-electron chi connectivity index (χ3n) is 4.68. The lowest BCUT2D eigenvalue weighted by Gasteiger charge is -2.13. The Bertz CT molecular complexity index is 1240. The zero-order valence-corrected chi connectivity index (χ0v) is 15.7. The lowest BCUT2D eigenvalue weighted by Crippen LogP contribution is -2.20. The summed E-state index contributed by atoms with van der Waals surface area (Å²) in [5.74, 6) is -0.325. The van der Waals surface area contributed by atoms with E-state index in [1.54, 1.807) is 30.5 Å². The van der Waals surface area contributed by atoms with Crippen molar-refractivity contribution in [3.63, 3.8) is 0 Å². The summed E-state index contributed by atoms with van der Waals surface area (Å²) in [6.45, 7) is 4.26. The van der Waals surface area contributed by atoms with E-state index in [4.69, 9.17) is 0 Å². The van der Waals surface area contributed by atoms with Gasteiger partial charge < -0.3 is 4.57 Å². The number of aryl methyl sites for hydroxylation is 2. The van der Waals surface area contributed by atoms with Crippen molar-refractivity contribution in [2.45, 2.75) is 20.4 Å². The fourth-order valence-electron chi connectivity index (χ4n) is 3.26. The molecule has 5 heteroatoms. The molecule has 3 heterocycles. The van der Waals surface area contributed by atoms with Crippen molar-refractivity contribution in [3.8, 4) is 0 Å². The van der Waals surface area contributed by atoms with Gasteiger partial charge >= 0.3 is 0 Å². The first-order chi connectivity index (χ1) is 13.5. The van der Waals surface area contributed by atoms with Crippen molar-refractivity contribution < 1.29 is 4.79 Å². The van der Waals surface area contributed by atoms with Crippen LogP contribution in [0.15, 0.2) is 71.8 Å². The van der Waals surface area contributed by atoms with E-state index in [0.29, 0.717) is 17.5 Å². The van der Waals surface area contributed by atoms with Gasteiger partial charge in [0.2, 0.25) is 5.43 Å². The van der Waals surface area contributed by atoms with E-state index < -0.39 is 0 Å². The SMILES string of the molecule is Cc1ccc(C(=O)c2cn(Cc3cccc(C)n3)c3ccccc3c2=O)cn1. The summed E-state index contributed by atoms with van der Waals surface area (Å²) in [5, 5.41) is 0.515. The van der Waals surface area contributed by atoms with Crippen LogP contribution in [0, 0.1) is 13.8 Å². The summed E-state index contributed by atoms with van der Waals surface area (Å²) in [4.78, 5) is 34.7. The van der Waals surface area contributed by atoms with E-state index in [0.717, 1.165) is 22.6 Å². The number of carbonyl (C=O) groups is 1. The van der Waals surface area contributed by atoms with Crippen LogP contribution in [0.25, 0.3) is 10.9 Å². The van der Waals surface area contributed by atoms with Gasteiger partial charge in [0.1, 0.15) is 0 Å². The van der Waals surface area contributed by atoms with Crippen LogP contribution in [0.2, 0.25) is 0 Å². The molecule has 0 N–H and O–H groups in total. The number of ketones is 1. The highest BCUT2D eigenvalue weighted by Crippen LogP contribution is 2.16. The molecule has 0 saturated heterocycles. The lowest BCUT2D eigenvalue weighted by atomic mass is 10.0. The molecule has 0 amide bonds. The van der Waals surface area contributed by atoms with Crippen LogP contribution >= 0.6 is 0 Å². The second kappa shape index (κ2) is 7.19. The molecule has 28 heavy (non-hydrogen) atoms. The number of fused-ring (bicyclic) bond motifs is 1. The van der Waals surface area contributed by atoms with Crippen LogP contribution in [0.4, 0.5) is 0 Å². The van der Waals surface area contributed by atoms with Crippen LogP contribution in [0.1, 0.15) is 33.0 Å². The maximum Gasteiger partial charge on any atom is 0.200 e. The van der Waals surface area contributed by atoms with Crippen LogP contribution in [0.5, 0.6) is 0 Å². The van der Waals surface area contributed by atoms with Gasteiger partial charge in [-0.3, -0.25) is 19.6 Å². The van der Waals surface area contributed by atoms with Crippen LogP contribution in [0.3, 0.4) is 0 Å². The number of para-hydroxylation sites is 1. The molecule has 5 nitrogen and oxygen atoms in total. The standard InChI is InChI=1S/C23H19N3O2/c1-15-10-11-17(12-24-15)22(27)20-14-26(13-18-7-5-6-16(2)25-18)21-9-4-3-8-19(21)23(20)28/h3-12,14H,13H2,1-2H3. The van der Waals surface area contributed by atoms with E-state index >= 15 is 0 Å². The van der Waals surface area contributed by atoms with Crippen LogP contribution in [-0.4, -0.2) is 20.3 Å². The number of hydrogen-bond donors (Lipinski definition) is 0. The Labute approximate surface area is 162 Å². The van der Waals surface area contributed by atoms with Crippen molar-refractivity contribution in [2.75, 3.05) is 0 Å². The van der Waals surface area contributed by atoms with E-state index in [2.05, 4.69) is 9.97 Å². The summed E-state index contributed by atoms with van der Waals surface area (Å²) < 4.78 is 1.91. The van der Waals surface area contributed by atoms with Gasteiger partial charge in [0, 0.05) is 34.7 Å². The summed E-state index contributed by atoms with van der Waals surface area (Å²) in [5.41, 5.74) is 3.64. The van der Waals surface area contributed by atoms with E-state index in [9.17, 15) is 9.59 Å². The molecule has 3 aromatic heterocycles. The van der Waals surface area contributed by atoms with Crippen LogP contribution < -0.4 is 5.43 Å². The molecule has 0 radical (unpaired) electrons. The molecule has 0 aliphatic rings. The van der Waals surface area contributed by atoms with Crippen molar-refractivity contribution >= 4 is 16.7 Å².